The summed E-state index contributed by atoms with van der Waals surface area (Å²) in [7, 11) is 0. The maximum absolute atomic E-state index is 11.3. The topological polar surface area (TPSA) is 82.9 Å². The SMILES string of the molecule is O=[N+]([O-])c1cc2c(cc1CN[C@@H]1CCOc3ccccc31)OCO2. The molecule has 0 amide bonds. The third-order valence-corrected chi connectivity index (χ3v) is 4.27. The van der Waals surface area contributed by atoms with Crippen LogP contribution in [0.5, 0.6) is 17.2 Å². The zero-order valence-corrected chi connectivity index (χ0v) is 12.9. The number of nitrogens with zero attached hydrogens (tertiary/aromatic N) is 1. The van der Waals surface area contributed by atoms with Gasteiger partial charge in [-0.25, -0.2) is 0 Å². The number of ether oxygens (including phenoxy) is 3. The number of nitro benzene ring substituents is 1. The monoisotopic (exact) mass is 328 g/mol. The summed E-state index contributed by atoms with van der Waals surface area (Å²) in [6.45, 7) is 1.08. The van der Waals surface area contributed by atoms with E-state index >= 15 is 0 Å². The molecule has 0 spiro atoms. The van der Waals surface area contributed by atoms with Crippen LogP contribution in [-0.2, 0) is 6.54 Å². The number of nitro groups is 1. The lowest BCUT2D eigenvalue weighted by molar-refractivity contribution is -0.385. The highest BCUT2D eigenvalue weighted by molar-refractivity contribution is 5.55. The summed E-state index contributed by atoms with van der Waals surface area (Å²) in [4.78, 5) is 10.9. The zero-order valence-electron chi connectivity index (χ0n) is 12.9. The third kappa shape index (κ3) is 2.63. The van der Waals surface area contributed by atoms with Gasteiger partial charge in [0.1, 0.15) is 5.75 Å². The Hall–Kier alpha value is -2.80. The van der Waals surface area contributed by atoms with Gasteiger partial charge < -0.3 is 19.5 Å². The second-order valence-corrected chi connectivity index (χ2v) is 5.70. The fourth-order valence-corrected chi connectivity index (χ4v) is 3.07. The van der Waals surface area contributed by atoms with E-state index in [-0.39, 0.29) is 18.5 Å². The van der Waals surface area contributed by atoms with Crippen LogP contribution >= 0.6 is 0 Å². The summed E-state index contributed by atoms with van der Waals surface area (Å²) in [5, 5.41) is 14.7. The lowest BCUT2D eigenvalue weighted by atomic mass is 10.00. The molecule has 2 aliphatic heterocycles. The molecule has 0 radical (unpaired) electrons. The van der Waals surface area contributed by atoms with E-state index in [2.05, 4.69) is 5.32 Å². The molecular formula is C17H16N2O5. The Balaban J connectivity index is 1.58. The molecule has 2 aromatic rings. The quantitative estimate of drug-likeness (QED) is 0.686. The molecule has 24 heavy (non-hydrogen) atoms. The Bertz CT molecular complexity index is 793. The molecule has 0 saturated heterocycles. The first kappa shape index (κ1) is 14.8. The van der Waals surface area contributed by atoms with Crippen LogP contribution in [0.15, 0.2) is 36.4 Å². The van der Waals surface area contributed by atoms with E-state index in [9.17, 15) is 10.1 Å². The minimum Gasteiger partial charge on any atom is -0.493 e. The lowest BCUT2D eigenvalue weighted by Gasteiger charge is -2.26. The lowest BCUT2D eigenvalue weighted by Crippen LogP contribution is -2.27. The van der Waals surface area contributed by atoms with Crippen LogP contribution in [0.1, 0.15) is 23.6 Å². The van der Waals surface area contributed by atoms with Gasteiger partial charge in [0, 0.05) is 30.1 Å². The maximum Gasteiger partial charge on any atom is 0.277 e. The summed E-state index contributed by atoms with van der Waals surface area (Å²) < 4.78 is 16.2. The molecule has 7 nitrogen and oxygen atoms in total. The van der Waals surface area contributed by atoms with Crippen molar-refractivity contribution in [1.29, 1.82) is 0 Å². The van der Waals surface area contributed by atoms with Gasteiger partial charge in [-0.2, -0.15) is 0 Å². The van der Waals surface area contributed by atoms with Gasteiger partial charge in [0.25, 0.3) is 5.69 Å². The molecule has 7 heteroatoms. The second kappa shape index (κ2) is 6.01. The number of para-hydroxylation sites is 1. The van der Waals surface area contributed by atoms with Crippen LogP contribution in [0.25, 0.3) is 0 Å². The molecule has 0 aliphatic carbocycles. The number of fused-ring (bicyclic) bond motifs is 2. The van der Waals surface area contributed by atoms with Crippen LogP contribution in [-0.4, -0.2) is 18.3 Å². The fourth-order valence-electron chi connectivity index (χ4n) is 3.07. The van der Waals surface area contributed by atoms with Gasteiger partial charge in [-0.15, -0.1) is 0 Å². The molecule has 124 valence electrons. The fraction of sp³-hybridized carbons (Fsp3) is 0.294. The number of benzene rings is 2. The largest absolute Gasteiger partial charge is 0.493 e. The Labute approximate surface area is 138 Å². The molecule has 2 heterocycles. The molecule has 2 aliphatic rings. The predicted molar refractivity (Wildman–Crippen MR) is 85.4 cm³/mol. The summed E-state index contributed by atoms with van der Waals surface area (Å²) in [6.07, 6.45) is 0.815. The summed E-state index contributed by atoms with van der Waals surface area (Å²) in [5.74, 6) is 1.83. The van der Waals surface area contributed by atoms with E-state index in [1.54, 1.807) is 6.07 Å². The number of hydrogen-bond donors (Lipinski definition) is 1. The van der Waals surface area contributed by atoms with Gasteiger partial charge in [0.05, 0.1) is 17.6 Å². The highest BCUT2D eigenvalue weighted by atomic mass is 16.7. The number of nitrogens with one attached hydrogen (secondary N) is 1. The molecule has 1 N–H and O–H groups in total. The van der Waals surface area contributed by atoms with Gasteiger partial charge in [0.2, 0.25) is 6.79 Å². The molecule has 0 bridgehead atoms. The maximum atomic E-state index is 11.3. The highest BCUT2D eigenvalue weighted by Gasteiger charge is 2.25. The van der Waals surface area contributed by atoms with Gasteiger partial charge >= 0.3 is 0 Å². The van der Waals surface area contributed by atoms with Crippen LogP contribution in [0, 0.1) is 10.1 Å². The Kier molecular flexibility index (Phi) is 3.70. The van der Waals surface area contributed by atoms with E-state index in [4.69, 9.17) is 14.2 Å². The van der Waals surface area contributed by atoms with Crippen molar-refractivity contribution in [2.24, 2.45) is 0 Å². The van der Waals surface area contributed by atoms with E-state index in [1.165, 1.54) is 6.07 Å². The molecule has 0 fully saturated rings. The molecule has 1 atom stereocenters. The average molecular weight is 328 g/mol. The van der Waals surface area contributed by atoms with Crippen molar-refractivity contribution in [3.05, 3.63) is 57.6 Å². The first-order valence-corrected chi connectivity index (χ1v) is 7.74. The molecule has 2 aromatic carbocycles. The van der Waals surface area contributed by atoms with Crippen LogP contribution < -0.4 is 19.5 Å². The first-order valence-electron chi connectivity index (χ1n) is 7.74. The Morgan fingerprint density at radius 1 is 1.12 bits per heavy atom. The normalized spacial score (nSPS) is 17.9. The molecule has 4 rings (SSSR count). The van der Waals surface area contributed by atoms with Crippen molar-refractivity contribution in [2.45, 2.75) is 19.0 Å². The second-order valence-electron chi connectivity index (χ2n) is 5.70. The van der Waals surface area contributed by atoms with Crippen molar-refractivity contribution in [1.82, 2.24) is 5.32 Å². The van der Waals surface area contributed by atoms with E-state index in [0.29, 0.717) is 30.2 Å². The molecule has 0 aromatic heterocycles. The van der Waals surface area contributed by atoms with Crippen molar-refractivity contribution >= 4 is 5.69 Å². The molecule has 0 saturated carbocycles. The van der Waals surface area contributed by atoms with Gasteiger partial charge in [0.15, 0.2) is 11.5 Å². The Morgan fingerprint density at radius 2 is 1.92 bits per heavy atom. The van der Waals surface area contributed by atoms with E-state index in [0.717, 1.165) is 17.7 Å². The number of hydrogen-bond acceptors (Lipinski definition) is 6. The average Bonchev–Trinajstić information content (AvgIpc) is 3.06. The minimum absolute atomic E-state index is 0.0343. The van der Waals surface area contributed by atoms with Crippen LogP contribution in [0.2, 0.25) is 0 Å². The minimum atomic E-state index is -0.392. The molecule has 0 unspecified atom stereocenters. The summed E-state index contributed by atoms with van der Waals surface area (Å²) in [5.41, 5.74) is 1.69. The molecular weight excluding hydrogens is 312 g/mol. The summed E-state index contributed by atoms with van der Waals surface area (Å²) >= 11 is 0. The van der Waals surface area contributed by atoms with Crippen molar-refractivity contribution in [3.8, 4) is 17.2 Å². The van der Waals surface area contributed by atoms with E-state index in [1.807, 2.05) is 24.3 Å². The third-order valence-electron chi connectivity index (χ3n) is 4.27. The van der Waals surface area contributed by atoms with Gasteiger partial charge in [-0.1, -0.05) is 18.2 Å². The zero-order chi connectivity index (χ0) is 16.5. The van der Waals surface area contributed by atoms with Crippen molar-refractivity contribution in [2.75, 3.05) is 13.4 Å². The van der Waals surface area contributed by atoms with Gasteiger partial charge in [-0.05, 0) is 12.1 Å². The number of rotatable bonds is 4. The van der Waals surface area contributed by atoms with Gasteiger partial charge in [-0.3, -0.25) is 10.1 Å². The smallest absolute Gasteiger partial charge is 0.277 e. The van der Waals surface area contributed by atoms with Crippen LogP contribution in [0.4, 0.5) is 5.69 Å². The standard InChI is InChI=1S/C17H16N2O5/c20-19(21)14-8-17-16(23-10-24-17)7-11(14)9-18-13-5-6-22-15-4-2-1-3-12(13)15/h1-4,7-8,13,18H,5-6,9-10H2/t13-/m1/s1. The van der Waals surface area contributed by atoms with E-state index < -0.39 is 4.92 Å². The van der Waals surface area contributed by atoms with Crippen molar-refractivity contribution < 1.29 is 19.1 Å². The Morgan fingerprint density at radius 3 is 2.75 bits per heavy atom. The summed E-state index contributed by atoms with van der Waals surface area (Å²) in [6, 6.07) is 11.1. The van der Waals surface area contributed by atoms with Crippen LogP contribution in [0.3, 0.4) is 0 Å². The highest BCUT2D eigenvalue weighted by Crippen LogP contribution is 2.38. The predicted octanol–water partition coefficient (Wildman–Crippen LogP) is 2.94. The van der Waals surface area contributed by atoms with Crippen molar-refractivity contribution in [3.63, 3.8) is 0 Å². The first-order chi connectivity index (χ1) is 11.7.